The highest BCUT2D eigenvalue weighted by molar-refractivity contribution is 7.14. The second-order valence-electron chi connectivity index (χ2n) is 4.20. The summed E-state index contributed by atoms with van der Waals surface area (Å²) in [6, 6.07) is 4.99. The number of nitrogens with zero attached hydrogens (tertiary/aromatic N) is 1. The van der Waals surface area contributed by atoms with Gasteiger partial charge in [-0.05, 0) is 29.8 Å². The number of hydrogen-bond donors (Lipinski definition) is 2. The predicted molar refractivity (Wildman–Crippen MR) is 80.8 cm³/mol. The molecule has 7 heteroatoms. The van der Waals surface area contributed by atoms with Crippen molar-refractivity contribution in [2.45, 2.75) is 13.0 Å². The predicted octanol–water partition coefficient (Wildman–Crippen LogP) is 3.73. The molecule has 0 aromatic carbocycles. The number of carbonyl (C=O) groups excluding carboxylic acids is 1. The van der Waals surface area contributed by atoms with E-state index in [4.69, 9.17) is 5.11 Å². The minimum absolute atomic E-state index is 0.0664. The summed E-state index contributed by atoms with van der Waals surface area (Å²) in [5, 5.41) is 15.6. The van der Waals surface area contributed by atoms with Gasteiger partial charge in [0.05, 0.1) is 11.6 Å². The Morgan fingerprint density at radius 3 is 2.65 bits per heavy atom. The Balaban J connectivity index is 2.08. The second kappa shape index (κ2) is 6.06. The molecule has 0 bridgehead atoms. The maximum Gasteiger partial charge on any atom is 0.338 e. The molecule has 0 saturated heterocycles. The van der Waals surface area contributed by atoms with Gasteiger partial charge in [0.2, 0.25) is 0 Å². The first-order chi connectivity index (χ1) is 9.50. The van der Waals surface area contributed by atoms with Gasteiger partial charge in [-0.1, -0.05) is 6.07 Å². The summed E-state index contributed by atoms with van der Waals surface area (Å²) in [5.74, 6) is -1.05. The lowest BCUT2D eigenvalue weighted by atomic mass is 10.2. The van der Waals surface area contributed by atoms with Crippen LogP contribution in [0.2, 0.25) is 0 Å². The molecule has 2 aromatic heterocycles. The molecule has 0 fully saturated rings. The largest absolute Gasteiger partial charge is 0.478 e. The molecule has 2 N–H and O–H groups in total. The zero-order valence-electron chi connectivity index (χ0n) is 11.0. The van der Waals surface area contributed by atoms with Gasteiger partial charge in [-0.15, -0.1) is 22.7 Å². The van der Waals surface area contributed by atoms with Crippen LogP contribution in [0.25, 0.3) is 0 Å². The van der Waals surface area contributed by atoms with Crippen LogP contribution in [0.3, 0.4) is 0 Å². The third kappa shape index (κ3) is 3.00. The fourth-order valence-electron chi connectivity index (χ4n) is 1.66. The SMILES string of the molecule is CC(c1cccs1)N(C)C(=O)Nc1sccc1C(=O)O. The molecule has 5 nitrogen and oxygen atoms in total. The zero-order valence-corrected chi connectivity index (χ0v) is 12.6. The summed E-state index contributed by atoms with van der Waals surface area (Å²) in [5.41, 5.74) is 0.112. The standard InChI is InChI=1S/C13H14N2O3S2/c1-8(10-4-3-6-19-10)15(2)13(18)14-11-9(12(16)17)5-7-20-11/h3-8H,1-2H3,(H,14,18)(H,16,17). The summed E-state index contributed by atoms with van der Waals surface area (Å²) >= 11 is 2.78. The molecule has 2 aromatic rings. The van der Waals surface area contributed by atoms with Crippen LogP contribution in [0.4, 0.5) is 9.80 Å². The van der Waals surface area contributed by atoms with E-state index in [1.807, 2.05) is 24.4 Å². The minimum atomic E-state index is -1.05. The minimum Gasteiger partial charge on any atom is -0.478 e. The van der Waals surface area contributed by atoms with E-state index in [1.165, 1.54) is 17.4 Å². The van der Waals surface area contributed by atoms with E-state index in [1.54, 1.807) is 28.7 Å². The first-order valence-electron chi connectivity index (χ1n) is 5.88. The fraction of sp³-hybridized carbons (Fsp3) is 0.231. The molecule has 0 saturated carbocycles. The van der Waals surface area contributed by atoms with Gasteiger partial charge in [-0.25, -0.2) is 9.59 Å². The maximum absolute atomic E-state index is 12.2. The number of carbonyl (C=O) groups is 2. The third-order valence-electron chi connectivity index (χ3n) is 2.97. The molecule has 0 aliphatic heterocycles. The van der Waals surface area contributed by atoms with E-state index >= 15 is 0 Å². The van der Waals surface area contributed by atoms with Crippen LogP contribution in [0.1, 0.15) is 28.2 Å². The van der Waals surface area contributed by atoms with Crippen molar-refractivity contribution in [1.82, 2.24) is 4.90 Å². The average Bonchev–Trinajstić information content (AvgIpc) is 3.07. The van der Waals surface area contributed by atoms with Crippen LogP contribution in [-0.4, -0.2) is 29.1 Å². The first kappa shape index (κ1) is 14.5. The number of rotatable bonds is 4. The van der Waals surface area contributed by atoms with Crippen molar-refractivity contribution in [3.05, 3.63) is 39.4 Å². The smallest absolute Gasteiger partial charge is 0.338 e. The van der Waals surface area contributed by atoms with Crippen molar-refractivity contribution in [2.75, 3.05) is 12.4 Å². The van der Waals surface area contributed by atoms with Crippen LogP contribution in [-0.2, 0) is 0 Å². The Morgan fingerprint density at radius 2 is 2.05 bits per heavy atom. The summed E-state index contributed by atoms with van der Waals surface area (Å²) in [6.45, 7) is 1.93. The van der Waals surface area contributed by atoms with Crippen molar-refractivity contribution >= 4 is 39.7 Å². The highest BCUT2D eigenvalue weighted by atomic mass is 32.1. The van der Waals surface area contributed by atoms with Crippen molar-refractivity contribution in [2.24, 2.45) is 0 Å². The molecule has 1 atom stereocenters. The highest BCUT2D eigenvalue weighted by Gasteiger charge is 2.20. The molecule has 2 heterocycles. The van der Waals surface area contributed by atoms with E-state index in [2.05, 4.69) is 5.32 Å². The molecular formula is C13H14N2O3S2. The van der Waals surface area contributed by atoms with Crippen LogP contribution in [0.5, 0.6) is 0 Å². The van der Waals surface area contributed by atoms with Crippen molar-refractivity contribution < 1.29 is 14.7 Å². The van der Waals surface area contributed by atoms with E-state index < -0.39 is 5.97 Å². The Morgan fingerprint density at radius 1 is 1.30 bits per heavy atom. The lowest BCUT2D eigenvalue weighted by molar-refractivity contribution is 0.0698. The molecule has 20 heavy (non-hydrogen) atoms. The van der Waals surface area contributed by atoms with Gasteiger partial charge in [0.25, 0.3) is 0 Å². The van der Waals surface area contributed by atoms with Crippen molar-refractivity contribution in [3.63, 3.8) is 0 Å². The molecule has 1 unspecified atom stereocenters. The monoisotopic (exact) mass is 310 g/mol. The van der Waals surface area contributed by atoms with Crippen LogP contribution < -0.4 is 5.32 Å². The summed E-state index contributed by atoms with van der Waals surface area (Å²) in [4.78, 5) is 25.8. The van der Waals surface area contributed by atoms with Gasteiger partial charge in [0, 0.05) is 11.9 Å². The highest BCUT2D eigenvalue weighted by Crippen LogP contribution is 2.26. The summed E-state index contributed by atoms with van der Waals surface area (Å²) in [7, 11) is 1.69. The van der Waals surface area contributed by atoms with Crippen LogP contribution in [0, 0.1) is 0 Å². The Kier molecular flexibility index (Phi) is 4.41. The average molecular weight is 310 g/mol. The topological polar surface area (TPSA) is 69.6 Å². The molecule has 2 rings (SSSR count). The molecule has 106 valence electrons. The van der Waals surface area contributed by atoms with Gasteiger partial charge >= 0.3 is 12.0 Å². The molecular weight excluding hydrogens is 296 g/mol. The number of carboxylic acid groups (broad SMARTS) is 1. The molecule has 0 spiro atoms. The van der Waals surface area contributed by atoms with Crippen LogP contribution >= 0.6 is 22.7 Å². The van der Waals surface area contributed by atoms with Gasteiger partial charge in [0.1, 0.15) is 5.00 Å². The van der Waals surface area contributed by atoms with Gasteiger partial charge in [0.15, 0.2) is 0 Å². The van der Waals surface area contributed by atoms with Gasteiger partial charge in [-0.3, -0.25) is 5.32 Å². The molecule has 2 amide bonds. The zero-order chi connectivity index (χ0) is 14.7. The van der Waals surface area contributed by atoms with Crippen molar-refractivity contribution in [3.8, 4) is 0 Å². The maximum atomic E-state index is 12.2. The summed E-state index contributed by atoms with van der Waals surface area (Å²) in [6.07, 6.45) is 0. The molecule has 0 aliphatic rings. The third-order valence-corrected chi connectivity index (χ3v) is 4.84. The lowest BCUT2D eigenvalue weighted by Crippen LogP contribution is -2.33. The summed E-state index contributed by atoms with van der Waals surface area (Å²) < 4.78 is 0. The Bertz CT molecular complexity index is 607. The lowest BCUT2D eigenvalue weighted by Gasteiger charge is -2.24. The quantitative estimate of drug-likeness (QED) is 0.904. The Hall–Kier alpha value is -1.86. The number of urea groups is 1. The number of nitrogens with one attached hydrogen (secondary N) is 1. The molecule has 0 aliphatic carbocycles. The first-order valence-corrected chi connectivity index (χ1v) is 7.64. The fourth-order valence-corrected chi connectivity index (χ4v) is 3.25. The van der Waals surface area contributed by atoms with E-state index in [-0.39, 0.29) is 17.6 Å². The number of aromatic carboxylic acids is 1. The molecule has 0 radical (unpaired) electrons. The number of amides is 2. The Labute approximate surface area is 124 Å². The van der Waals surface area contributed by atoms with Crippen molar-refractivity contribution in [1.29, 1.82) is 0 Å². The number of hydrogen-bond acceptors (Lipinski definition) is 4. The van der Waals surface area contributed by atoms with E-state index in [0.717, 1.165) is 4.88 Å². The number of anilines is 1. The van der Waals surface area contributed by atoms with Crippen LogP contribution in [0.15, 0.2) is 29.0 Å². The number of carboxylic acids is 1. The normalized spacial score (nSPS) is 11.9. The second-order valence-corrected chi connectivity index (χ2v) is 6.10. The van der Waals surface area contributed by atoms with Gasteiger partial charge in [-0.2, -0.15) is 0 Å². The van der Waals surface area contributed by atoms with Gasteiger partial charge < -0.3 is 10.0 Å². The van der Waals surface area contributed by atoms with E-state index in [9.17, 15) is 9.59 Å². The van der Waals surface area contributed by atoms with E-state index in [0.29, 0.717) is 5.00 Å². The number of thiophene rings is 2.